The molecule has 0 aliphatic carbocycles. The van der Waals surface area contributed by atoms with Gasteiger partial charge in [0.2, 0.25) is 0 Å². The average Bonchev–Trinajstić information content (AvgIpc) is 2.99. The normalized spacial score (nSPS) is 18.3. The molecule has 29 heavy (non-hydrogen) atoms. The Morgan fingerprint density at radius 1 is 1.07 bits per heavy atom. The van der Waals surface area contributed by atoms with Crippen LogP contribution in [-0.2, 0) is 14.3 Å². The number of carbonyl (C=O) groups excluding carboxylic acids is 2. The van der Waals surface area contributed by atoms with Gasteiger partial charge >= 0.3 is 0 Å². The lowest BCUT2D eigenvalue weighted by Crippen LogP contribution is -2.31. The van der Waals surface area contributed by atoms with Crippen molar-refractivity contribution < 1.29 is 19.4 Å². The molecule has 6 nitrogen and oxygen atoms in total. The van der Waals surface area contributed by atoms with E-state index in [1.165, 1.54) is 4.90 Å². The lowest BCUT2D eigenvalue weighted by molar-refractivity contribution is -0.140. The number of nitrogens with zero attached hydrogens (tertiary/aromatic N) is 2. The van der Waals surface area contributed by atoms with Gasteiger partial charge in [-0.3, -0.25) is 9.59 Å². The van der Waals surface area contributed by atoms with Gasteiger partial charge in [0.15, 0.2) is 0 Å². The zero-order chi connectivity index (χ0) is 21.0. The van der Waals surface area contributed by atoms with Crippen LogP contribution in [0.1, 0.15) is 23.6 Å². The third kappa shape index (κ3) is 4.17. The highest BCUT2D eigenvalue weighted by molar-refractivity contribution is 6.46. The minimum Gasteiger partial charge on any atom is -0.507 e. The Balaban J connectivity index is 2.09. The number of ketones is 1. The second kappa shape index (κ2) is 8.92. The molecule has 1 N–H and O–H groups in total. The van der Waals surface area contributed by atoms with Crippen LogP contribution < -0.4 is 4.90 Å². The van der Waals surface area contributed by atoms with Gasteiger partial charge < -0.3 is 19.6 Å². The van der Waals surface area contributed by atoms with Gasteiger partial charge in [-0.1, -0.05) is 42.5 Å². The summed E-state index contributed by atoms with van der Waals surface area (Å²) in [5.74, 6) is -1.41. The summed E-state index contributed by atoms with van der Waals surface area (Å²) in [7, 11) is 5.49. The molecule has 1 aliphatic heterocycles. The first-order valence-corrected chi connectivity index (χ1v) is 9.55. The van der Waals surface area contributed by atoms with Crippen LogP contribution in [0.3, 0.4) is 0 Å². The smallest absolute Gasteiger partial charge is 0.295 e. The van der Waals surface area contributed by atoms with Gasteiger partial charge in [0.05, 0.1) is 11.6 Å². The highest BCUT2D eigenvalue weighted by Crippen LogP contribution is 2.39. The van der Waals surface area contributed by atoms with Crippen LogP contribution in [0, 0.1) is 0 Å². The minimum atomic E-state index is -0.662. The summed E-state index contributed by atoms with van der Waals surface area (Å²) in [5, 5.41) is 10.9. The van der Waals surface area contributed by atoms with Crippen LogP contribution in [0.25, 0.3) is 5.76 Å². The van der Waals surface area contributed by atoms with Crippen molar-refractivity contribution >= 4 is 23.1 Å². The molecule has 1 aliphatic rings. The fraction of sp³-hybridized carbons (Fsp3) is 0.304. The number of methoxy groups -OCH3 is 1. The van der Waals surface area contributed by atoms with Crippen molar-refractivity contribution in [3.63, 3.8) is 0 Å². The Morgan fingerprint density at radius 3 is 2.31 bits per heavy atom. The molecule has 1 heterocycles. The molecule has 2 aromatic rings. The van der Waals surface area contributed by atoms with Crippen molar-refractivity contribution in [1.82, 2.24) is 4.90 Å². The third-order valence-corrected chi connectivity index (χ3v) is 5.06. The SMILES string of the molecule is COCCCN1C(=O)C(=O)C(=C(O)c2ccccc2)[C@H]1c1ccc(N(C)C)cc1. The van der Waals surface area contributed by atoms with Gasteiger partial charge in [-0.05, 0) is 24.1 Å². The summed E-state index contributed by atoms with van der Waals surface area (Å²) >= 11 is 0. The van der Waals surface area contributed by atoms with Gasteiger partial charge in [-0.15, -0.1) is 0 Å². The summed E-state index contributed by atoms with van der Waals surface area (Å²) < 4.78 is 5.10. The zero-order valence-corrected chi connectivity index (χ0v) is 17.0. The second-order valence-electron chi connectivity index (χ2n) is 7.19. The number of aliphatic hydroxyl groups is 1. The van der Waals surface area contributed by atoms with Gasteiger partial charge in [0, 0.05) is 45.6 Å². The predicted octanol–water partition coefficient (Wildman–Crippen LogP) is 3.21. The number of hydrogen-bond acceptors (Lipinski definition) is 5. The molecule has 0 saturated carbocycles. The molecule has 0 unspecified atom stereocenters. The number of carbonyl (C=O) groups is 2. The molecule has 1 amide bonds. The highest BCUT2D eigenvalue weighted by atomic mass is 16.5. The highest BCUT2D eigenvalue weighted by Gasteiger charge is 2.45. The van der Waals surface area contributed by atoms with Crippen LogP contribution >= 0.6 is 0 Å². The molecular formula is C23H26N2O4. The number of rotatable bonds is 7. The van der Waals surface area contributed by atoms with Gasteiger partial charge in [0.25, 0.3) is 11.7 Å². The number of ether oxygens (including phenoxy) is 1. The third-order valence-electron chi connectivity index (χ3n) is 5.06. The topological polar surface area (TPSA) is 70.1 Å². The monoisotopic (exact) mass is 394 g/mol. The van der Waals surface area contributed by atoms with E-state index < -0.39 is 17.7 Å². The first-order valence-electron chi connectivity index (χ1n) is 9.55. The van der Waals surface area contributed by atoms with E-state index in [0.717, 1.165) is 11.3 Å². The average molecular weight is 394 g/mol. The Bertz CT molecular complexity index is 904. The lowest BCUT2D eigenvalue weighted by Gasteiger charge is -2.26. The fourth-order valence-corrected chi connectivity index (χ4v) is 3.54. The molecule has 3 rings (SSSR count). The maximum absolute atomic E-state index is 12.9. The standard InChI is InChI=1S/C23H26N2O4/c1-24(2)18-12-10-16(11-13-18)20-19(21(26)17-8-5-4-6-9-17)22(27)23(28)25(20)14-7-15-29-3/h4-6,8-13,20,26H,7,14-15H2,1-3H3/t20-/m1/s1. The summed E-state index contributed by atoms with van der Waals surface area (Å²) in [6.07, 6.45) is 0.598. The van der Waals surface area contributed by atoms with E-state index in [-0.39, 0.29) is 11.3 Å². The van der Waals surface area contributed by atoms with E-state index in [4.69, 9.17) is 4.74 Å². The molecule has 152 valence electrons. The molecule has 1 fully saturated rings. The number of aliphatic hydroxyl groups excluding tert-OH is 1. The van der Waals surface area contributed by atoms with Crippen LogP contribution in [0.5, 0.6) is 0 Å². The van der Waals surface area contributed by atoms with Crippen LogP contribution in [0.15, 0.2) is 60.2 Å². The van der Waals surface area contributed by atoms with Crippen LogP contribution in [-0.4, -0.2) is 56.1 Å². The maximum atomic E-state index is 12.9. The summed E-state index contributed by atoms with van der Waals surface area (Å²) in [5.41, 5.74) is 2.42. The van der Waals surface area contributed by atoms with E-state index in [0.29, 0.717) is 25.1 Å². The van der Waals surface area contributed by atoms with E-state index in [1.807, 2.05) is 49.3 Å². The summed E-state index contributed by atoms with van der Waals surface area (Å²) in [6.45, 7) is 0.845. The van der Waals surface area contributed by atoms with Crippen molar-refractivity contribution in [2.24, 2.45) is 0 Å². The summed E-state index contributed by atoms with van der Waals surface area (Å²) in [6, 6.07) is 15.9. The van der Waals surface area contributed by atoms with Gasteiger partial charge in [-0.25, -0.2) is 0 Å². The largest absolute Gasteiger partial charge is 0.507 e. The van der Waals surface area contributed by atoms with E-state index in [9.17, 15) is 14.7 Å². The van der Waals surface area contributed by atoms with Crippen molar-refractivity contribution in [3.05, 3.63) is 71.3 Å². The van der Waals surface area contributed by atoms with Crippen molar-refractivity contribution in [2.75, 3.05) is 39.3 Å². The Morgan fingerprint density at radius 2 is 1.72 bits per heavy atom. The minimum absolute atomic E-state index is 0.121. The number of amides is 1. The lowest BCUT2D eigenvalue weighted by atomic mass is 9.95. The number of likely N-dealkylation sites (tertiary alicyclic amines) is 1. The van der Waals surface area contributed by atoms with Gasteiger partial charge in [-0.2, -0.15) is 0 Å². The van der Waals surface area contributed by atoms with Gasteiger partial charge in [0.1, 0.15) is 5.76 Å². The van der Waals surface area contributed by atoms with Crippen LogP contribution in [0.2, 0.25) is 0 Å². The molecule has 0 radical (unpaired) electrons. The van der Waals surface area contributed by atoms with Crippen LogP contribution in [0.4, 0.5) is 5.69 Å². The maximum Gasteiger partial charge on any atom is 0.295 e. The van der Waals surface area contributed by atoms with Crippen molar-refractivity contribution in [1.29, 1.82) is 0 Å². The molecule has 2 aromatic carbocycles. The fourth-order valence-electron chi connectivity index (χ4n) is 3.54. The number of benzene rings is 2. The quantitative estimate of drug-likeness (QED) is 0.338. The molecule has 6 heteroatoms. The predicted molar refractivity (Wildman–Crippen MR) is 113 cm³/mol. The Kier molecular flexibility index (Phi) is 6.34. The Labute approximate surface area is 171 Å². The van der Waals surface area contributed by atoms with E-state index in [1.54, 1.807) is 31.4 Å². The molecular weight excluding hydrogens is 368 g/mol. The zero-order valence-electron chi connectivity index (χ0n) is 17.0. The van der Waals surface area contributed by atoms with E-state index in [2.05, 4.69) is 0 Å². The molecule has 0 bridgehead atoms. The molecule has 0 spiro atoms. The molecule has 0 aromatic heterocycles. The van der Waals surface area contributed by atoms with Crippen molar-refractivity contribution in [3.8, 4) is 0 Å². The number of Topliss-reactive ketones (excluding diaryl/α,β-unsaturated/α-hetero) is 1. The molecule has 1 saturated heterocycles. The number of hydrogen-bond donors (Lipinski definition) is 1. The number of anilines is 1. The molecule has 1 atom stereocenters. The van der Waals surface area contributed by atoms with E-state index >= 15 is 0 Å². The first kappa shape index (κ1) is 20.6. The Hall–Kier alpha value is -3.12. The summed E-state index contributed by atoms with van der Waals surface area (Å²) in [4.78, 5) is 29.2. The first-order chi connectivity index (χ1) is 14.0. The second-order valence-corrected chi connectivity index (χ2v) is 7.19. The van der Waals surface area contributed by atoms with Crippen molar-refractivity contribution in [2.45, 2.75) is 12.5 Å².